The fraction of sp³-hybridized carbons (Fsp3) is 0.286. The van der Waals surface area contributed by atoms with Crippen molar-refractivity contribution >= 4 is 10.9 Å². The summed E-state index contributed by atoms with van der Waals surface area (Å²) in [4.78, 5) is 3.76. The topological polar surface area (TPSA) is 54.4 Å². The molecule has 148 valence electrons. The molecule has 0 saturated heterocycles. The van der Waals surface area contributed by atoms with Gasteiger partial charge in [0.2, 0.25) is 0 Å². The molecule has 1 aromatic heterocycles. The highest BCUT2D eigenvalue weighted by Gasteiger charge is 2.34. The number of hydrogen-bond acceptors (Lipinski definition) is 4. The number of benzene rings is 2. The van der Waals surface area contributed by atoms with Gasteiger partial charge in [-0.25, -0.2) is 4.98 Å². The van der Waals surface area contributed by atoms with Gasteiger partial charge in [-0.1, -0.05) is 36.4 Å². The number of pyridine rings is 1. The lowest BCUT2D eigenvalue weighted by molar-refractivity contribution is -0.141. The molecule has 2 aromatic carbocycles. The van der Waals surface area contributed by atoms with Gasteiger partial charge < -0.3 is 15.2 Å². The van der Waals surface area contributed by atoms with Gasteiger partial charge in [-0.15, -0.1) is 0 Å². The Balaban J connectivity index is 1.70. The molecule has 2 N–H and O–H groups in total. The first kappa shape index (κ1) is 20.1. The summed E-state index contributed by atoms with van der Waals surface area (Å²) in [6, 6.07) is 15.3. The van der Waals surface area contributed by atoms with Crippen LogP contribution in [0.2, 0.25) is 0 Å². The number of rotatable bonds is 7. The second kappa shape index (κ2) is 8.58. The molecule has 0 aliphatic carbocycles. The monoisotopic (exact) mass is 390 g/mol. The molecule has 0 bridgehead atoms. The number of halogens is 3. The van der Waals surface area contributed by atoms with E-state index in [1.165, 1.54) is 0 Å². The van der Waals surface area contributed by atoms with Crippen molar-refractivity contribution in [3.8, 4) is 5.75 Å². The molecule has 7 heteroatoms. The van der Waals surface area contributed by atoms with E-state index in [0.717, 1.165) is 11.8 Å². The number of aryl methyl sites for hydroxylation is 1. The van der Waals surface area contributed by atoms with Gasteiger partial charge in [-0.3, -0.25) is 0 Å². The number of ether oxygens (including phenoxy) is 1. The van der Waals surface area contributed by atoms with Crippen molar-refractivity contribution < 1.29 is 23.0 Å². The quantitative estimate of drug-likeness (QED) is 0.592. The van der Waals surface area contributed by atoms with Gasteiger partial charge in [-0.2, -0.15) is 13.2 Å². The Bertz CT molecular complexity index is 930. The van der Waals surface area contributed by atoms with Crippen molar-refractivity contribution in [1.82, 2.24) is 10.3 Å². The van der Waals surface area contributed by atoms with E-state index in [2.05, 4.69) is 10.3 Å². The molecule has 4 nitrogen and oxygen atoms in total. The highest BCUT2D eigenvalue weighted by atomic mass is 19.4. The minimum atomic E-state index is -4.58. The van der Waals surface area contributed by atoms with Crippen LogP contribution in [0.15, 0.2) is 54.6 Å². The Morgan fingerprint density at radius 3 is 2.57 bits per heavy atom. The third kappa shape index (κ3) is 4.79. The molecule has 1 heterocycles. The Labute approximate surface area is 161 Å². The van der Waals surface area contributed by atoms with Crippen LogP contribution < -0.4 is 10.1 Å². The first-order valence-electron chi connectivity index (χ1n) is 8.90. The van der Waals surface area contributed by atoms with Gasteiger partial charge in [0, 0.05) is 18.5 Å². The van der Waals surface area contributed by atoms with E-state index in [0.29, 0.717) is 24.1 Å². The van der Waals surface area contributed by atoms with Gasteiger partial charge >= 0.3 is 6.18 Å². The molecule has 1 unspecified atom stereocenters. The van der Waals surface area contributed by atoms with E-state index in [4.69, 9.17) is 4.74 Å². The summed E-state index contributed by atoms with van der Waals surface area (Å²) in [5.41, 5.74) is 0.0771. The smallest absolute Gasteiger partial charge is 0.433 e. The van der Waals surface area contributed by atoms with Crippen molar-refractivity contribution in [2.75, 3.05) is 19.7 Å². The molecule has 3 aromatic rings. The van der Waals surface area contributed by atoms with E-state index in [-0.39, 0.29) is 17.6 Å². The summed E-state index contributed by atoms with van der Waals surface area (Å²) in [5.74, 6) is 0.732. The second-order valence-corrected chi connectivity index (χ2v) is 6.45. The number of aliphatic hydroxyl groups excluding tert-OH is 1. The third-order valence-electron chi connectivity index (χ3n) is 4.35. The number of alkyl halides is 3. The number of fused-ring (bicyclic) bond motifs is 1. The zero-order chi connectivity index (χ0) is 20.1. The highest BCUT2D eigenvalue weighted by Crippen LogP contribution is 2.33. The van der Waals surface area contributed by atoms with Crippen LogP contribution >= 0.6 is 0 Å². The van der Waals surface area contributed by atoms with Crippen LogP contribution in [0.3, 0.4) is 0 Å². The van der Waals surface area contributed by atoms with E-state index >= 15 is 0 Å². The molecule has 1 atom stereocenters. The number of hydrogen-bond donors (Lipinski definition) is 2. The summed E-state index contributed by atoms with van der Waals surface area (Å²) in [6.07, 6.45) is -5.69. The normalized spacial score (nSPS) is 12.9. The number of nitrogens with one attached hydrogen (secondary N) is 1. The van der Waals surface area contributed by atoms with Crippen molar-refractivity contribution in [2.24, 2.45) is 0 Å². The maximum Gasteiger partial charge on any atom is 0.433 e. The Morgan fingerprint density at radius 1 is 1.11 bits per heavy atom. The maximum absolute atomic E-state index is 13.2. The van der Waals surface area contributed by atoms with Crippen molar-refractivity contribution in [1.29, 1.82) is 0 Å². The van der Waals surface area contributed by atoms with Crippen LogP contribution in [0, 0.1) is 6.92 Å². The molecule has 0 aliphatic heterocycles. The lowest BCUT2D eigenvalue weighted by Crippen LogP contribution is -2.26. The van der Waals surface area contributed by atoms with E-state index < -0.39 is 18.0 Å². The van der Waals surface area contributed by atoms with E-state index in [1.54, 1.807) is 25.1 Å². The molecule has 0 amide bonds. The number of aliphatic hydroxyl groups is 1. The summed E-state index contributed by atoms with van der Waals surface area (Å²) < 4.78 is 45.2. The number of nitrogens with zero attached hydrogens (tertiary/aromatic N) is 1. The average molecular weight is 390 g/mol. The predicted molar refractivity (Wildman–Crippen MR) is 101 cm³/mol. The SMILES string of the molecule is Cc1cccc2c(C(O)CNCCOc3ccccc3)cc(C(F)(F)F)nc12. The van der Waals surface area contributed by atoms with Gasteiger partial charge in [0.1, 0.15) is 18.1 Å². The minimum absolute atomic E-state index is 0.0997. The van der Waals surface area contributed by atoms with Crippen LogP contribution in [-0.2, 0) is 6.18 Å². The summed E-state index contributed by atoms with van der Waals surface area (Å²) >= 11 is 0. The Morgan fingerprint density at radius 2 is 1.86 bits per heavy atom. The third-order valence-corrected chi connectivity index (χ3v) is 4.35. The molecule has 0 spiro atoms. The van der Waals surface area contributed by atoms with Crippen LogP contribution in [0.5, 0.6) is 5.75 Å². The molecule has 0 radical (unpaired) electrons. The van der Waals surface area contributed by atoms with Gasteiger partial charge in [0.05, 0.1) is 11.6 Å². The fourth-order valence-corrected chi connectivity index (χ4v) is 2.95. The van der Waals surface area contributed by atoms with Crippen LogP contribution in [0.4, 0.5) is 13.2 Å². The number of para-hydroxylation sites is 2. The van der Waals surface area contributed by atoms with E-state index in [1.807, 2.05) is 30.3 Å². The molecule has 0 aliphatic rings. The molecular weight excluding hydrogens is 369 g/mol. The van der Waals surface area contributed by atoms with Crippen molar-refractivity contribution in [2.45, 2.75) is 19.2 Å². The summed E-state index contributed by atoms with van der Waals surface area (Å²) in [5, 5.41) is 14.0. The fourth-order valence-electron chi connectivity index (χ4n) is 2.95. The minimum Gasteiger partial charge on any atom is -0.492 e. The zero-order valence-corrected chi connectivity index (χ0v) is 15.3. The summed E-state index contributed by atoms with van der Waals surface area (Å²) in [6.45, 7) is 2.62. The predicted octanol–water partition coefficient (Wildman–Crippen LogP) is 4.26. The number of aromatic nitrogens is 1. The standard InChI is InChI=1S/C21H21F3N2O2/c1-14-6-5-9-16-17(12-19(21(22,23)24)26-20(14)16)18(27)13-25-10-11-28-15-7-3-2-4-8-15/h2-9,12,18,25,27H,10-11,13H2,1H3. The van der Waals surface area contributed by atoms with E-state index in [9.17, 15) is 18.3 Å². The summed E-state index contributed by atoms with van der Waals surface area (Å²) in [7, 11) is 0. The van der Waals surface area contributed by atoms with Crippen LogP contribution in [0.1, 0.15) is 22.9 Å². The molecule has 28 heavy (non-hydrogen) atoms. The van der Waals surface area contributed by atoms with Gasteiger partial charge in [0.25, 0.3) is 0 Å². The molecular formula is C21H21F3N2O2. The van der Waals surface area contributed by atoms with Crippen LogP contribution in [-0.4, -0.2) is 29.8 Å². The Hall–Kier alpha value is -2.64. The molecule has 0 fully saturated rings. The molecule has 3 rings (SSSR count). The highest BCUT2D eigenvalue weighted by molar-refractivity contribution is 5.85. The maximum atomic E-state index is 13.2. The van der Waals surface area contributed by atoms with Crippen LogP contribution in [0.25, 0.3) is 10.9 Å². The average Bonchev–Trinajstić information content (AvgIpc) is 2.67. The largest absolute Gasteiger partial charge is 0.492 e. The molecule has 0 saturated carbocycles. The van der Waals surface area contributed by atoms with Gasteiger partial charge in [0.15, 0.2) is 0 Å². The lowest BCUT2D eigenvalue weighted by Gasteiger charge is -2.18. The zero-order valence-electron chi connectivity index (χ0n) is 15.3. The van der Waals surface area contributed by atoms with Crippen molar-refractivity contribution in [3.05, 3.63) is 71.4 Å². The second-order valence-electron chi connectivity index (χ2n) is 6.45. The van der Waals surface area contributed by atoms with Crippen molar-refractivity contribution in [3.63, 3.8) is 0 Å². The Kier molecular flexibility index (Phi) is 6.16. The van der Waals surface area contributed by atoms with Gasteiger partial charge in [-0.05, 0) is 36.2 Å². The first-order chi connectivity index (χ1) is 13.4. The first-order valence-corrected chi connectivity index (χ1v) is 8.90. The lowest BCUT2D eigenvalue weighted by atomic mass is 10.00.